The first-order valence-electron chi connectivity index (χ1n) is 4.11. The van der Waals surface area contributed by atoms with Crippen molar-refractivity contribution in [3.63, 3.8) is 0 Å². The fourth-order valence-electron chi connectivity index (χ4n) is 1.25. The zero-order chi connectivity index (χ0) is 12.3. The lowest BCUT2D eigenvalue weighted by Crippen LogP contribution is -2.43. The molecule has 10 nitrogen and oxygen atoms in total. The standard InChI is InChI=1S/C6H9N3O7/c7-8-9-16-4(5(12)13)3-1(10)2(11)6(14)15-3/h1-4,6,10-11,14H,(H,12,13)/t1-,2-,3+,4-,6+/m1/s1. The predicted octanol–water partition coefficient (Wildman–Crippen LogP) is -1.88. The van der Waals surface area contributed by atoms with Gasteiger partial charge >= 0.3 is 5.97 Å². The monoisotopic (exact) mass is 235 g/mol. The highest BCUT2D eigenvalue weighted by Crippen LogP contribution is 2.24. The normalized spacial score (nSPS) is 35.2. The number of aliphatic hydroxyl groups is 3. The number of hydrogen-bond acceptors (Lipinski definition) is 7. The molecule has 0 aromatic heterocycles. The van der Waals surface area contributed by atoms with E-state index in [1.807, 2.05) is 0 Å². The van der Waals surface area contributed by atoms with Gasteiger partial charge in [0.25, 0.3) is 0 Å². The number of nitrogens with zero attached hydrogens (tertiary/aromatic N) is 3. The van der Waals surface area contributed by atoms with E-state index >= 15 is 0 Å². The van der Waals surface area contributed by atoms with Crippen molar-refractivity contribution in [1.29, 1.82) is 0 Å². The van der Waals surface area contributed by atoms with Crippen LogP contribution in [0.4, 0.5) is 0 Å². The second-order valence-corrected chi connectivity index (χ2v) is 3.01. The number of azide groups is 1. The predicted molar refractivity (Wildman–Crippen MR) is 44.5 cm³/mol. The minimum absolute atomic E-state index is 1.53. The molecule has 4 N–H and O–H groups in total. The summed E-state index contributed by atoms with van der Waals surface area (Å²) in [5.74, 6) is -1.57. The van der Waals surface area contributed by atoms with E-state index in [2.05, 4.69) is 19.8 Å². The lowest BCUT2D eigenvalue weighted by Gasteiger charge is -2.19. The molecular weight excluding hydrogens is 226 g/mol. The Bertz CT molecular complexity index is 317. The third-order valence-electron chi connectivity index (χ3n) is 2.01. The largest absolute Gasteiger partial charge is 0.478 e. The van der Waals surface area contributed by atoms with Crippen molar-refractivity contribution in [1.82, 2.24) is 0 Å². The molecule has 0 saturated carbocycles. The zero-order valence-electron chi connectivity index (χ0n) is 7.74. The summed E-state index contributed by atoms with van der Waals surface area (Å²) in [6, 6.07) is 0. The van der Waals surface area contributed by atoms with Crippen LogP contribution >= 0.6 is 0 Å². The van der Waals surface area contributed by atoms with Gasteiger partial charge in [-0.3, -0.25) is 0 Å². The van der Waals surface area contributed by atoms with Gasteiger partial charge in [-0.25, -0.2) is 4.79 Å². The van der Waals surface area contributed by atoms with E-state index in [9.17, 15) is 9.90 Å². The lowest BCUT2D eigenvalue weighted by molar-refractivity contribution is -0.178. The van der Waals surface area contributed by atoms with Crippen LogP contribution in [0.1, 0.15) is 0 Å². The van der Waals surface area contributed by atoms with Gasteiger partial charge in [0.1, 0.15) is 23.6 Å². The fraction of sp³-hybridized carbons (Fsp3) is 0.833. The molecule has 1 fully saturated rings. The fourth-order valence-corrected chi connectivity index (χ4v) is 1.25. The van der Waals surface area contributed by atoms with Crippen molar-refractivity contribution in [2.75, 3.05) is 0 Å². The molecular formula is C6H9N3O7. The summed E-state index contributed by atoms with van der Waals surface area (Å²) in [5, 5.41) is 38.7. The SMILES string of the molecule is [N-]=[N+]=NO[C@@H](C(=O)O)[C@H]1O[C@H](O)[C@H](O)[C@H]1O. The molecule has 10 heteroatoms. The Hall–Kier alpha value is -1.58. The first kappa shape index (κ1) is 12.5. The third kappa shape index (κ3) is 2.32. The van der Waals surface area contributed by atoms with Gasteiger partial charge in [-0.05, 0) is 5.53 Å². The van der Waals surface area contributed by atoms with Crippen molar-refractivity contribution >= 4 is 5.97 Å². The lowest BCUT2D eigenvalue weighted by atomic mass is 10.1. The Morgan fingerprint density at radius 1 is 1.44 bits per heavy atom. The highest BCUT2D eigenvalue weighted by Gasteiger charge is 2.49. The second kappa shape index (κ2) is 4.96. The molecule has 0 aromatic rings. The summed E-state index contributed by atoms with van der Waals surface area (Å²) in [5.41, 5.74) is 7.95. The van der Waals surface area contributed by atoms with Crippen molar-refractivity contribution in [2.45, 2.75) is 30.7 Å². The molecule has 0 spiro atoms. The summed E-state index contributed by atoms with van der Waals surface area (Å²) in [6.07, 6.45) is -8.39. The van der Waals surface area contributed by atoms with Crippen LogP contribution in [0.3, 0.4) is 0 Å². The number of aliphatic carboxylic acids is 1. The van der Waals surface area contributed by atoms with E-state index in [0.29, 0.717) is 0 Å². The van der Waals surface area contributed by atoms with Crippen LogP contribution in [0.25, 0.3) is 10.4 Å². The van der Waals surface area contributed by atoms with Crippen LogP contribution in [-0.4, -0.2) is 57.1 Å². The number of hydrogen-bond donors (Lipinski definition) is 4. The Morgan fingerprint density at radius 2 is 2.06 bits per heavy atom. The summed E-state index contributed by atoms with van der Waals surface area (Å²) >= 11 is 0. The molecule has 90 valence electrons. The quantitative estimate of drug-likeness (QED) is 0.191. The highest BCUT2D eigenvalue weighted by atomic mass is 16.7. The van der Waals surface area contributed by atoms with Crippen LogP contribution in [0.2, 0.25) is 0 Å². The Morgan fingerprint density at radius 3 is 2.44 bits per heavy atom. The van der Waals surface area contributed by atoms with Gasteiger partial charge in [0.05, 0.1) is 0 Å². The smallest absolute Gasteiger partial charge is 0.348 e. The van der Waals surface area contributed by atoms with E-state index in [-0.39, 0.29) is 0 Å². The number of aliphatic hydroxyl groups excluding tert-OH is 3. The van der Waals surface area contributed by atoms with Gasteiger partial charge in [0, 0.05) is 4.91 Å². The number of carboxylic acid groups (broad SMARTS) is 1. The van der Waals surface area contributed by atoms with E-state index in [0.717, 1.165) is 0 Å². The summed E-state index contributed by atoms with van der Waals surface area (Å²) in [4.78, 5) is 17.1. The van der Waals surface area contributed by atoms with Crippen LogP contribution in [0.5, 0.6) is 0 Å². The molecule has 0 radical (unpaired) electrons. The van der Waals surface area contributed by atoms with Crippen LogP contribution < -0.4 is 0 Å². The molecule has 1 saturated heterocycles. The first-order chi connectivity index (χ1) is 7.49. The Balaban J connectivity index is 2.79. The highest BCUT2D eigenvalue weighted by molar-refractivity contribution is 5.73. The van der Waals surface area contributed by atoms with E-state index in [4.69, 9.17) is 20.9 Å². The average Bonchev–Trinajstić information content (AvgIpc) is 2.47. The number of ether oxygens (including phenoxy) is 1. The second-order valence-electron chi connectivity index (χ2n) is 3.01. The average molecular weight is 235 g/mol. The maximum absolute atomic E-state index is 10.7. The van der Waals surface area contributed by atoms with Crippen LogP contribution in [-0.2, 0) is 14.4 Å². The van der Waals surface area contributed by atoms with Crippen LogP contribution in [0, 0.1) is 0 Å². The van der Waals surface area contributed by atoms with Gasteiger partial charge in [-0.2, -0.15) is 0 Å². The maximum Gasteiger partial charge on any atom is 0.348 e. The molecule has 1 rings (SSSR count). The molecule has 0 bridgehead atoms. The Kier molecular flexibility index (Phi) is 3.88. The molecule has 0 unspecified atom stereocenters. The zero-order valence-corrected chi connectivity index (χ0v) is 7.74. The van der Waals surface area contributed by atoms with Gasteiger partial charge in [-0.1, -0.05) is 0 Å². The number of rotatable bonds is 4. The topological polar surface area (TPSA) is 165 Å². The van der Waals surface area contributed by atoms with Gasteiger partial charge < -0.3 is 30.0 Å². The molecule has 0 amide bonds. The van der Waals surface area contributed by atoms with Crippen molar-refractivity contribution in [2.24, 2.45) is 5.28 Å². The molecule has 1 aliphatic heterocycles. The number of carbonyl (C=O) groups is 1. The van der Waals surface area contributed by atoms with E-state index in [1.54, 1.807) is 0 Å². The first-order valence-corrected chi connectivity index (χ1v) is 4.11. The molecule has 0 aromatic carbocycles. The van der Waals surface area contributed by atoms with E-state index < -0.39 is 36.7 Å². The summed E-state index contributed by atoms with van der Waals surface area (Å²) in [6.45, 7) is 0. The van der Waals surface area contributed by atoms with Crippen molar-refractivity contribution < 1.29 is 34.8 Å². The van der Waals surface area contributed by atoms with Gasteiger partial charge in [-0.15, -0.1) is 0 Å². The summed E-state index contributed by atoms with van der Waals surface area (Å²) < 4.78 is 4.57. The van der Waals surface area contributed by atoms with Gasteiger partial charge in [0.2, 0.25) is 6.10 Å². The summed E-state index contributed by atoms with van der Waals surface area (Å²) in [7, 11) is 0. The van der Waals surface area contributed by atoms with Crippen molar-refractivity contribution in [3.8, 4) is 0 Å². The molecule has 1 aliphatic rings. The van der Waals surface area contributed by atoms with Crippen molar-refractivity contribution in [3.05, 3.63) is 10.4 Å². The minimum atomic E-state index is -1.82. The minimum Gasteiger partial charge on any atom is -0.478 e. The molecule has 1 heterocycles. The maximum atomic E-state index is 10.7. The van der Waals surface area contributed by atoms with Crippen LogP contribution in [0.15, 0.2) is 5.28 Å². The molecule has 16 heavy (non-hydrogen) atoms. The van der Waals surface area contributed by atoms with E-state index in [1.165, 1.54) is 0 Å². The molecule has 5 atom stereocenters. The molecule has 0 aliphatic carbocycles. The Labute approximate surface area is 88.2 Å². The number of carboxylic acids is 1. The third-order valence-corrected chi connectivity index (χ3v) is 2.01. The van der Waals surface area contributed by atoms with Gasteiger partial charge in [0.15, 0.2) is 6.29 Å².